The molecule has 18 heavy (non-hydrogen) atoms. The fourth-order valence-corrected chi connectivity index (χ4v) is 2.08. The second-order valence-electron chi connectivity index (χ2n) is 4.15. The van der Waals surface area contributed by atoms with Crippen molar-refractivity contribution < 1.29 is 9.47 Å². The SMILES string of the molecule is CNCc1[nH]ncc1-c1ccc2c(c1)OCCO2. The van der Waals surface area contributed by atoms with E-state index in [4.69, 9.17) is 9.47 Å². The molecule has 0 saturated carbocycles. The number of nitrogens with one attached hydrogen (secondary N) is 2. The first-order chi connectivity index (χ1) is 8.88. The van der Waals surface area contributed by atoms with E-state index in [1.54, 1.807) is 0 Å². The van der Waals surface area contributed by atoms with Gasteiger partial charge in [0.1, 0.15) is 13.2 Å². The summed E-state index contributed by atoms with van der Waals surface area (Å²) >= 11 is 0. The molecule has 0 fully saturated rings. The molecule has 2 aromatic rings. The minimum absolute atomic E-state index is 0.602. The van der Waals surface area contributed by atoms with Crippen molar-refractivity contribution in [2.75, 3.05) is 20.3 Å². The fourth-order valence-electron chi connectivity index (χ4n) is 2.08. The first-order valence-electron chi connectivity index (χ1n) is 5.95. The highest BCUT2D eigenvalue weighted by Crippen LogP contribution is 2.35. The highest BCUT2D eigenvalue weighted by molar-refractivity contribution is 5.68. The van der Waals surface area contributed by atoms with Crippen LogP contribution in [-0.4, -0.2) is 30.5 Å². The van der Waals surface area contributed by atoms with E-state index in [0.717, 1.165) is 34.9 Å². The molecule has 0 atom stereocenters. The molecule has 94 valence electrons. The van der Waals surface area contributed by atoms with Gasteiger partial charge in [-0.25, -0.2) is 0 Å². The van der Waals surface area contributed by atoms with Crippen LogP contribution in [0.3, 0.4) is 0 Å². The van der Waals surface area contributed by atoms with E-state index in [-0.39, 0.29) is 0 Å². The quantitative estimate of drug-likeness (QED) is 0.861. The van der Waals surface area contributed by atoms with Crippen molar-refractivity contribution in [2.45, 2.75) is 6.54 Å². The molecule has 2 heterocycles. The molecule has 0 unspecified atom stereocenters. The molecular formula is C13H15N3O2. The Labute approximate surface area is 105 Å². The highest BCUT2D eigenvalue weighted by atomic mass is 16.6. The molecule has 1 aliphatic rings. The summed E-state index contributed by atoms with van der Waals surface area (Å²) in [5, 5.41) is 10.2. The Morgan fingerprint density at radius 3 is 2.94 bits per heavy atom. The Kier molecular flexibility index (Phi) is 2.90. The van der Waals surface area contributed by atoms with Crippen molar-refractivity contribution >= 4 is 0 Å². The average Bonchev–Trinajstić information content (AvgIpc) is 2.87. The maximum absolute atomic E-state index is 5.59. The molecule has 5 nitrogen and oxygen atoms in total. The summed E-state index contributed by atoms with van der Waals surface area (Å²) < 4.78 is 11.1. The van der Waals surface area contributed by atoms with E-state index in [2.05, 4.69) is 15.5 Å². The molecular weight excluding hydrogens is 230 g/mol. The van der Waals surface area contributed by atoms with Crippen LogP contribution in [0.15, 0.2) is 24.4 Å². The van der Waals surface area contributed by atoms with Crippen LogP contribution in [0.25, 0.3) is 11.1 Å². The topological polar surface area (TPSA) is 59.2 Å². The third-order valence-corrected chi connectivity index (χ3v) is 2.93. The zero-order valence-electron chi connectivity index (χ0n) is 10.2. The smallest absolute Gasteiger partial charge is 0.161 e. The Bertz CT molecular complexity index is 551. The highest BCUT2D eigenvalue weighted by Gasteiger charge is 2.14. The number of fused-ring (bicyclic) bond motifs is 1. The van der Waals surface area contributed by atoms with Crippen molar-refractivity contribution in [1.29, 1.82) is 0 Å². The fraction of sp³-hybridized carbons (Fsp3) is 0.308. The Morgan fingerprint density at radius 1 is 1.28 bits per heavy atom. The van der Waals surface area contributed by atoms with Gasteiger partial charge < -0.3 is 14.8 Å². The van der Waals surface area contributed by atoms with Crippen molar-refractivity contribution in [1.82, 2.24) is 15.5 Å². The number of benzene rings is 1. The molecule has 0 saturated heterocycles. The van der Waals surface area contributed by atoms with E-state index < -0.39 is 0 Å². The van der Waals surface area contributed by atoms with E-state index in [9.17, 15) is 0 Å². The summed E-state index contributed by atoms with van der Waals surface area (Å²) in [5.74, 6) is 1.61. The van der Waals surface area contributed by atoms with Crippen molar-refractivity contribution in [3.05, 3.63) is 30.1 Å². The van der Waals surface area contributed by atoms with Gasteiger partial charge in [0.25, 0.3) is 0 Å². The summed E-state index contributed by atoms with van der Waals surface area (Å²) in [6, 6.07) is 5.97. The van der Waals surface area contributed by atoms with E-state index in [0.29, 0.717) is 13.2 Å². The van der Waals surface area contributed by atoms with E-state index >= 15 is 0 Å². The van der Waals surface area contributed by atoms with Gasteiger partial charge >= 0.3 is 0 Å². The van der Waals surface area contributed by atoms with Crippen molar-refractivity contribution in [2.24, 2.45) is 0 Å². The van der Waals surface area contributed by atoms with Gasteiger partial charge in [-0.2, -0.15) is 5.10 Å². The summed E-state index contributed by atoms with van der Waals surface area (Å²) in [4.78, 5) is 0. The van der Waals surface area contributed by atoms with Crippen LogP contribution in [0, 0.1) is 0 Å². The van der Waals surface area contributed by atoms with E-state index in [1.165, 1.54) is 0 Å². The minimum Gasteiger partial charge on any atom is -0.486 e. The van der Waals surface area contributed by atoms with Crippen LogP contribution in [0.2, 0.25) is 0 Å². The molecule has 5 heteroatoms. The number of aromatic amines is 1. The predicted molar refractivity (Wildman–Crippen MR) is 67.8 cm³/mol. The number of hydrogen-bond acceptors (Lipinski definition) is 4. The Hall–Kier alpha value is -2.01. The third-order valence-electron chi connectivity index (χ3n) is 2.93. The Morgan fingerprint density at radius 2 is 2.11 bits per heavy atom. The molecule has 3 rings (SSSR count). The lowest BCUT2D eigenvalue weighted by atomic mass is 10.1. The maximum atomic E-state index is 5.59. The van der Waals surface area contributed by atoms with Gasteiger partial charge in [-0.05, 0) is 24.7 Å². The zero-order valence-corrected chi connectivity index (χ0v) is 10.2. The second-order valence-corrected chi connectivity index (χ2v) is 4.15. The molecule has 0 aliphatic carbocycles. The molecule has 0 spiro atoms. The summed E-state index contributed by atoms with van der Waals surface area (Å²) in [6.07, 6.45) is 1.83. The Balaban J connectivity index is 1.98. The molecule has 1 aliphatic heterocycles. The van der Waals surface area contributed by atoms with Gasteiger partial charge in [0.05, 0.1) is 11.9 Å². The van der Waals surface area contributed by atoms with Crippen LogP contribution in [0.5, 0.6) is 11.5 Å². The van der Waals surface area contributed by atoms with Gasteiger partial charge in [-0.1, -0.05) is 6.07 Å². The molecule has 0 bridgehead atoms. The largest absolute Gasteiger partial charge is 0.486 e. The molecule has 1 aromatic heterocycles. The number of aromatic nitrogens is 2. The zero-order chi connectivity index (χ0) is 12.4. The molecule has 0 radical (unpaired) electrons. The lowest BCUT2D eigenvalue weighted by Gasteiger charge is -2.18. The van der Waals surface area contributed by atoms with Gasteiger partial charge in [0.15, 0.2) is 11.5 Å². The van der Waals surface area contributed by atoms with Crippen LogP contribution in [0.1, 0.15) is 5.69 Å². The molecule has 1 aromatic carbocycles. The number of H-pyrrole nitrogens is 1. The number of nitrogens with zero attached hydrogens (tertiary/aromatic N) is 1. The second kappa shape index (κ2) is 4.70. The van der Waals surface area contributed by atoms with Crippen LogP contribution < -0.4 is 14.8 Å². The van der Waals surface area contributed by atoms with Crippen LogP contribution in [0.4, 0.5) is 0 Å². The van der Waals surface area contributed by atoms with Crippen LogP contribution >= 0.6 is 0 Å². The summed E-state index contributed by atoms with van der Waals surface area (Å²) in [5.41, 5.74) is 3.23. The molecule has 0 amide bonds. The predicted octanol–water partition coefficient (Wildman–Crippen LogP) is 1.57. The lowest BCUT2D eigenvalue weighted by Crippen LogP contribution is -2.15. The normalized spacial score (nSPS) is 13.6. The third kappa shape index (κ3) is 1.93. The number of rotatable bonds is 3. The minimum atomic E-state index is 0.602. The summed E-state index contributed by atoms with van der Waals surface area (Å²) in [6.45, 7) is 1.97. The standard InChI is InChI=1S/C13H15N3O2/c1-14-8-11-10(7-15-16-11)9-2-3-12-13(6-9)18-5-4-17-12/h2-3,6-7,14H,4-5,8H2,1H3,(H,15,16). The van der Waals surface area contributed by atoms with Gasteiger partial charge in [0, 0.05) is 12.1 Å². The van der Waals surface area contributed by atoms with Crippen LogP contribution in [-0.2, 0) is 6.54 Å². The number of ether oxygens (including phenoxy) is 2. The van der Waals surface area contributed by atoms with E-state index in [1.807, 2.05) is 31.4 Å². The maximum Gasteiger partial charge on any atom is 0.161 e. The average molecular weight is 245 g/mol. The lowest BCUT2D eigenvalue weighted by molar-refractivity contribution is 0.171. The monoisotopic (exact) mass is 245 g/mol. The van der Waals surface area contributed by atoms with Crippen molar-refractivity contribution in [3.63, 3.8) is 0 Å². The van der Waals surface area contributed by atoms with Gasteiger partial charge in [-0.15, -0.1) is 0 Å². The molecule has 2 N–H and O–H groups in total. The summed E-state index contributed by atoms with van der Waals surface area (Å²) in [7, 11) is 1.91. The van der Waals surface area contributed by atoms with Gasteiger partial charge in [-0.3, -0.25) is 5.10 Å². The van der Waals surface area contributed by atoms with Crippen molar-refractivity contribution in [3.8, 4) is 22.6 Å². The first kappa shape index (κ1) is 11.1. The first-order valence-corrected chi connectivity index (χ1v) is 5.95. The number of hydrogen-bond donors (Lipinski definition) is 2. The van der Waals surface area contributed by atoms with Gasteiger partial charge in [0.2, 0.25) is 0 Å².